The molecule has 0 bridgehead atoms. The van der Waals surface area contributed by atoms with Crippen molar-refractivity contribution in [2.75, 3.05) is 6.61 Å². The minimum atomic E-state index is -0.105. The molecule has 120 valence electrons. The molecule has 2 atom stereocenters. The van der Waals surface area contributed by atoms with Gasteiger partial charge in [0.1, 0.15) is 12.5 Å². The van der Waals surface area contributed by atoms with Crippen molar-refractivity contribution < 1.29 is 14.2 Å². The Hall–Kier alpha value is -0.520. The number of alkyl halides is 2. The molecular weight excluding hydrogens is 412 g/mol. The van der Waals surface area contributed by atoms with Crippen molar-refractivity contribution in [3.63, 3.8) is 0 Å². The lowest BCUT2D eigenvalue weighted by atomic mass is 10.1. The third-order valence-corrected chi connectivity index (χ3v) is 6.63. The highest BCUT2D eigenvalue weighted by Crippen LogP contribution is 2.65. The zero-order chi connectivity index (χ0) is 15.4. The van der Waals surface area contributed by atoms with E-state index in [1.165, 1.54) is 5.56 Å². The second-order valence-corrected chi connectivity index (χ2v) is 9.45. The van der Waals surface area contributed by atoms with Crippen molar-refractivity contribution in [1.29, 1.82) is 0 Å². The maximum Gasteiger partial charge on any atom is 0.239 e. The summed E-state index contributed by atoms with van der Waals surface area (Å²) in [5.41, 5.74) is 1.22. The van der Waals surface area contributed by atoms with Gasteiger partial charge in [0.05, 0.1) is 9.84 Å². The van der Waals surface area contributed by atoms with E-state index in [1.807, 2.05) is 18.2 Å². The van der Waals surface area contributed by atoms with Crippen LogP contribution < -0.4 is 0 Å². The van der Waals surface area contributed by atoms with Crippen molar-refractivity contribution in [2.45, 2.75) is 35.4 Å². The number of rotatable bonds is 8. The van der Waals surface area contributed by atoms with Crippen LogP contribution in [0, 0.1) is 11.8 Å². The molecule has 2 unspecified atom stereocenters. The van der Waals surface area contributed by atoms with Crippen LogP contribution in [0.1, 0.15) is 24.8 Å². The van der Waals surface area contributed by atoms with Gasteiger partial charge in [-0.1, -0.05) is 62.2 Å². The van der Waals surface area contributed by atoms with Gasteiger partial charge in [-0.3, -0.25) is 0 Å². The summed E-state index contributed by atoms with van der Waals surface area (Å²) >= 11 is 7.58. The Labute approximate surface area is 148 Å². The van der Waals surface area contributed by atoms with E-state index < -0.39 is 0 Å². The average Bonchev–Trinajstić information content (AvgIpc) is 2.89. The van der Waals surface area contributed by atoms with Crippen LogP contribution in [0.2, 0.25) is 0 Å². The molecule has 2 aliphatic rings. The Balaban J connectivity index is 1.33. The Morgan fingerprint density at radius 1 is 0.955 bits per heavy atom. The molecule has 22 heavy (non-hydrogen) atoms. The summed E-state index contributed by atoms with van der Waals surface area (Å²) in [6.45, 7) is 1.47. The first kappa shape index (κ1) is 16.3. The van der Waals surface area contributed by atoms with Gasteiger partial charge in [-0.05, 0) is 30.2 Å². The summed E-state index contributed by atoms with van der Waals surface area (Å²) < 4.78 is 16.5. The Morgan fingerprint density at radius 2 is 1.64 bits per heavy atom. The van der Waals surface area contributed by atoms with Crippen LogP contribution in [0.5, 0.6) is 0 Å². The van der Waals surface area contributed by atoms with Crippen LogP contribution >= 0.6 is 31.9 Å². The fourth-order valence-electron chi connectivity index (χ4n) is 2.95. The summed E-state index contributed by atoms with van der Waals surface area (Å²) in [6.07, 6.45) is 6.17. The topological polar surface area (TPSA) is 27.7 Å². The maximum absolute atomic E-state index is 5.79. The van der Waals surface area contributed by atoms with Crippen LogP contribution in [0.25, 0.3) is 0 Å². The molecule has 0 amide bonds. The van der Waals surface area contributed by atoms with E-state index in [9.17, 15) is 0 Å². The predicted octanol–water partition coefficient (Wildman–Crippen LogP) is 4.95. The van der Waals surface area contributed by atoms with Gasteiger partial charge in [0.25, 0.3) is 0 Å². The van der Waals surface area contributed by atoms with Crippen molar-refractivity contribution in [2.24, 2.45) is 11.8 Å². The van der Waals surface area contributed by atoms with Crippen molar-refractivity contribution in [1.82, 2.24) is 0 Å². The molecule has 3 rings (SSSR count). The van der Waals surface area contributed by atoms with E-state index in [2.05, 4.69) is 44.0 Å². The summed E-state index contributed by atoms with van der Waals surface area (Å²) in [4.78, 5) is 0. The van der Waals surface area contributed by atoms with E-state index in [1.54, 1.807) is 12.5 Å². The number of hydrogen-bond donors (Lipinski definition) is 0. The highest BCUT2D eigenvalue weighted by Gasteiger charge is 2.60. The minimum Gasteiger partial charge on any atom is -0.459 e. The number of ether oxygens (including phenoxy) is 3. The maximum atomic E-state index is 5.79. The van der Waals surface area contributed by atoms with Gasteiger partial charge in [-0.15, -0.1) is 0 Å². The van der Waals surface area contributed by atoms with E-state index in [4.69, 9.17) is 14.2 Å². The van der Waals surface area contributed by atoms with E-state index in [0.717, 1.165) is 25.9 Å². The molecule has 1 heterocycles. The molecule has 0 spiro atoms. The SMILES string of the molecule is BrC1(Br)C(CCOCc2ccccc2)C1CCC1OC=CO1. The minimum absolute atomic E-state index is 0.0577. The first-order valence-electron chi connectivity index (χ1n) is 7.63. The molecule has 0 saturated heterocycles. The van der Waals surface area contributed by atoms with Crippen LogP contribution in [0.4, 0.5) is 0 Å². The zero-order valence-corrected chi connectivity index (χ0v) is 15.5. The molecule has 0 radical (unpaired) electrons. The quantitative estimate of drug-likeness (QED) is 0.430. The van der Waals surface area contributed by atoms with E-state index >= 15 is 0 Å². The highest BCUT2D eigenvalue weighted by atomic mass is 79.9. The third kappa shape index (κ3) is 4.06. The molecule has 1 aliphatic carbocycles. The molecular formula is C17H20Br2O3. The second-order valence-electron chi connectivity index (χ2n) is 5.77. The van der Waals surface area contributed by atoms with Gasteiger partial charge < -0.3 is 14.2 Å². The van der Waals surface area contributed by atoms with Gasteiger partial charge in [0.2, 0.25) is 6.29 Å². The lowest BCUT2D eigenvalue weighted by Gasteiger charge is -2.09. The molecule has 1 aromatic carbocycles. The fourth-order valence-corrected chi connectivity index (χ4v) is 4.87. The summed E-state index contributed by atoms with van der Waals surface area (Å²) in [7, 11) is 0. The third-order valence-electron chi connectivity index (χ3n) is 4.28. The number of hydrogen-bond acceptors (Lipinski definition) is 3. The molecule has 0 N–H and O–H groups in total. The predicted molar refractivity (Wildman–Crippen MR) is 92.6 cm³/mol. The smallest absolute Gasteiger partial charge is 0.239 e. The Kier molecular flexibility index (Phi) is 5.47. The normalized spacial score (nSPS) is 25.7. The molecule has 3 nitrogen and oxygen atoms in total. The number of benzene rings is 1. The van der Waals surface area contributed by atoms with Crippen LogP contribution in [0.15, 0.2) is 42.9 Å². The van der Waals surface area contributed by atoms with E-state index in [0.29, 0.717) is 18.4 Å². The van der Waals surface area contributed by atoms with Crippen molar-refractivity contribution >= 4 is 31.9 Å². The molecule has 1 fully saturated rings. The molecule has 1 saturated carbocycles. The summed E-state index contributed by atoms with van der Waals surface area (Å²) in [5.74, 6) is 1.19. The molecule has 1 aliphatic heterocycles. The number of halogens is 2. The largest absolute Gasteiger partial charge is 0.459 e. The second kappa shape index (κ2) is 7.37. The Bertz CT molecular complexity index is 496. The molecule has 0 aromatic heterocycles. The first-order chi connectivity index (χ1) is 10.7. The standard InChI is InChI=1S/C17H20Br2O3/c18-17(19)14(6-7-16-21-10-11-22-16)15(17)8-9-20-12-13-4-2-1-3-5-13/h1-5,10-11,14-16H,6-9,12H2. The highest BCUT2D eigenvalue weighted by molar-refractivity contribution is 9.25. The fraction of sp³-hybridized carbons (Fsp3) is 0.529. The zero-order valence-electron chi connectivity index (χ0n) is 12.3. The van der Waals surface area contributed by atoms with Gasteiger partial charge >= 0.3 is 0 Å². The van der Waals surface area contributed by atoms with Gasteiger partial charge in [-0.2, -0.15) is 0 Å². The van der Waals surface area contributed by atoms with Crippen molar-refractivity contribution in [3.05, 3.63) is 48.4 Å². The van der Waals surface area contributed by atoms with E-state index in [-0.39, 0.29) is 9.52 Å². The summed E-state index contributed by atoms with van der Waals surface area (Å²) in [6, 6.07) is 10.3. The van der Waals surface area contributed by atoms with Crippen LogP contribution in [-0.2, 0) is 20.8 Å². The lowest BCUT2D eigenvalue weighted by Crippen LogP contribution is -2.07. The molecule has 1 aromatic rings. The van der Waals surface area contributed by atoms with Crippen LogP contribution in [0.3, 0.4) is 0 Å². The molecule has 5 heteroatoms. The van der Waals surface area contributed by atoms with Gasteiger partial charge in [-0.25, -0.2) is 0 Å². The van der Waals surface area contributed by atoms with Gasteiger partial charge in [0.15, 0.2) is 0 Å². The lowest BCUT2D eigenvalue weighted by molar-refractivity contribution is -0.0303. The monoisotopic (exact) mass is 430 g/mol. The first-order valence-corrected chi connectivity index (χ1v) is 9.22. The van der Waals surface area contributed by atoms with Crippen molar-refractivity contribution in [3.8, 4) is 0 Å². The average molecular weight is 432 g/mol. The summed E-state index contributed by atoms with van der Waals surface area (Å²) in [5, 5.41) is 0. The van der Waals surface area contributed by atoms with Gasteiger partial charge in [0, 0.05) is 13.0 Å². The van der Waals surface area contributed by atoms with Crippen LogP contribution in [-0.4, -0.2) is 16.1 Å². The Morgan fingerprint density at radius 3 is 2.36 bits per heavy atom.